The van der Waals surface area contributed by atoms with Gasteiger partial charge in [0.15, 0.2) is 6.61 Å². The van der Waals surface area contributed by atoms with E-state index < -0.39 is 11.9 Å². The molecule has 0 aliphatic carbocycles. The Kier molecular flexibility index (Phi) is 5.99. The summed E-state index contributed by atoms with van der Waals surface area (Å²) in [6.07, 6.45) is 0.615. The zero-order valence-corrected chi connectivity index (χ0v) is 11.8. The van der Waals surface area contributed by atoms with Crippen molar-refractivity contribution in [3.63, 3.8) is 0 Å². The molecule has 2 amide bonds. The highest BCUT2D eigenvalue weighted by atomic mass is 16.5. The van der Waals surface area contributed by atoms with Crippen LogP contribution in [-0.2, 0) is 9.59 Å². The van der Waals surface area contributed by atoms with Gasteiger partial charge < -0.3 is 21.5 Å². The summed E-state index contributed by atoms with van der Waals surface area (Å²) in [7, 11) is 0. The summed E-state index contributed by atoms with van der Waals surface area (Å²) in [5.41, 5.74) is 11.4. The van der Waals surface area contributed by atoms with Gasteiger partial charge in [-0.2, -0.15) is 0 Å². The molecule has 0 unspecified atom stereocenters. The van der Waals surface area contributed by atoms with E-state index in [1.807, 2.05) is 13.8 Å². The molecule has 0 aliphatic rings. The Morgan fingerprint density at radius 2 is 2.05 bits per heavy atom. The van der Waals surface area contributed by atoms with E-state index >= 15 is 0 Å². The lowest BCUT2D eigenvalue weighted by Gasteiger charge is -2.14. The van der Waals surface area contributed by atoms with Crippen LogP contribution >= 0.6 is 0 Å². The molecule has 1 rings (SSSR count). The number of nitrogens with two attached hydrogens (primary N) is 2. The van der Waals surface area contributed by atoms with Crippen LogP contribution in [0.15, 0.2) is 24.3 Å². The minimum Gasteiger partial charge on any atom is -0.484 e. The first-order valence-corrected chi connectivity index (χ1v) is 6.46. The van der Waals surface area contributed by atoms with Gasteiger partial charge in [0.05, 0.1) is 6.04 Å². The van der Waals surface area contributed by atoms with E-state index in [2.05, 4.69) is 5.32 Å². The lowest BCUT2D eigenvalue weighted by molar-refractivity contribution is -0.120. The summed E-state index contributed by atoms with van der Waals surface area (Å²) in [6.45, 7) is 3.81. The number of rotatable bonds is 7. The van der Waals surface area contributed by atoms with Crippen molar-refractivity contribution in [3.8, 4) is 5.75 Å². The number of carbonyl (C=O) groups is 2. The number of ether oxygens (including phenoxy) is 1. The van der Waals surface area contributed by atoms with Crippen LogP contribution in [-0.4, -0.2) is 24.5 Å². The van der Waals surface area contributed by atoms with Crippen molar-refractivity contribution >= 4 is 17.5 Å². The normalized spacial score (nSPS) is 12.0. The van der Waals surface area contributed by atoms with Gasteiger partial charge in [-0.25, -0.2) is 0 Å². The Bertz CT molecular complexity index is 474. The number of carbonyl (C=O) groups excluding carboxylic acids is 2. The second kappa shape index (κ2) is 7.49. The van der Waals surface area contributed by atoms with Gasteiger partial charge in [-0.15, -0.1) is 0 Å². The van der Waals surface area contributed by atoms with E-state index in [0.717, 1.165) is 0 Å². The maximum absolute atomic E-state index is 11.9. The largest absolute Gasteiger partial charge is 0.484 e. The standard InChI is InChI=1S/C14H21N3O3/c1-9(2)6-12(15)14(19)17-10-4-3-5-11(7-10)20-8-13(16)18/h3-5,7,9,12H,6,8,15H2,1-2H3,(H2,16,18)(H,17,19)/t12-/m1/s1. The van der Waals surface area contributed by atoms with E-state index in [0.29, 0.717) is 23.8 Å². The minimum atomic E-state index is -0.557. The molecule has 110 valence electrons. The Morgan fingerprint density at radius 3 is 2.65 bits per heavy atom. The number of nitrogens with one attached hydrogen (secondary N) is 1. The molecule has 0 fully saturated rings. The summed E-state index contributed by atoms with van der Waals surface area (Å²) in [5, 5.41) is 2.71. The third-order valence-electron chi connectivity index (χ3n) is 2.54. The highest BCUT2D eigenvalue weighted by Gasteiger charge is 2.15. The fourth-order valence-corrected chi connectivity index (χ4v) is 1.67. The monoisotopic (exact) mass is 279 g/mol. The molecule has 0 radical (unpaired) electrons. The first-order valence-electron chi connectivity index (χ1n) is 6.46. The first kappa shape index (κ1) is 16.0. The van der Waals surface area contributed by atoms with Crippen LogP contribution in [0.3, 0.4) is 0 Å². The molecule has 0 saturated heterocycles. The molecular weight excluding hydrogens is 258 g/mol. The Balaban J connectivity index is 2.61. The van der Waals surface area contributed by atoms with Crippen LogP contribution in [0.5, 0.6) is 5.75 Å². The third-order valence-corrected chi connectivity index (χ3v) is 2.54. The van der Waals surface area contributed by atoms with Crippen molar-refractivity contribution in [2.45, 2.75) is 26.3 Å². The van der Waals surface area contributed by atoms with Crippen LogP contribution in [0.4, 0.5) is 5.69 Å². The molecule has 0 spiro atoms. The molecule has 20 heavy (non-hydrogen) atoms. The number of hydrogen-bond acceptors (Lipinski definition) is 4. The number of benzene rings is 1. The van der Waals surface area contributed by atoms with Gasteiger partial charge in [-0.05, 0) is 24.5 Å². The molecule has 1 atom stereocenters. The lowest BCUT2D eigenvalue weighted by atomic mass is 10.0. The van der Waals surface area contributed by atoms with Gasteiger partial charge in [0.2, 0.25) is 5.91 Å². The summed E-state index contributed by atoms with van der Waals surface area (Å²) in [5.74, 6) is 0.00385. The molecule has 0 bridgehead atoms. The van der Waals surface area contributed by atoms with Crippen molar-refractivity contribution in [2.75, 3.05) is 11.9 Å². The van der Waals surface area contributed by atoms with Crippen molar-refractivity contribution in [1.29, 1.82) is 0 Å². The predicted molar refractivity (Wildman–Crippen MR) is 77.2 cm³/mol. The third kappa shape index (κ3) is 5.71. The van der Waals surface area contributed by atoms with Gasteiger partial charge in [0.1, 0.15) is 5.75 Å². The van der Waals surface area contributed by atoms with Crippen LogP contribution < -0.4 is 21.5 Å². The minimum absolute atomic E-state index is 0.204. The van der Waals surface area contributed by atoms with Gasteiger partial charge >= 0.3 is 0 Å². The fraction of sp³-hybridized carbons (Fsp3) is 0.429. The van der Waals surface area contributed by atoms with E-state index in [9.17, 15) is 9.59 Å². The quantitative estimate of drug-likeness (QED) is 0.688. The predicted octanol–water partition coefficient (Wildman–Crippen LogP) is 0.863. The van der Waals surface area contributed by atoms with Gasteiger partial charge in [0.25, 0.3) is 5.91 Å². The molecule has 1 aromatic rings. The summed E-state index contributed by atoms with van der Waals surface area (Å²) >= 11 is 0. The second-order valence-corrected chi connectivity index (χ2v) is 5.01. The SMILES string of the molecule is CC(C)C[C@@H](N)C(=O)Nc1cccc(OCC(N)=O)c1. The van der Waals surface area contributed by atoms with Crippen molar-refractivity contribution < 1.29 is 14.3 Å². The molecule has 5 N–H and O–H groups in total. The van der Waals surface area contributed by atoms with Gasteiger partial charge in [-0.3, -0.25) is 9.59 Å². The highest BCUT2D eigenvalue weighted by molar-refractivity contribution is 5.94. The summed E-state index contributed by atoms with van der Waals surface area (Å²) in [6, 6.07) is 6.16. The van der Waals surface area contributed by atoms with E-state index in [4.69, 9.17) is 16.2 Å². The highest BCUT2D eigenvalue weighted by Crippen LogP contribution is 2.17. The molecular formula is C14H21N3O3. The molecule has 0 heterocycles. The van der Waals surface area contributed by atoms with E-state index in [1.54, 1.807) is 24.3 Å². The smallest absolute Gasteiger partial charge is 0.255 e. The van der Waals surface area contributed by atoms with Gasteiger partial charge in [-0.1, -0.05) is 19.9 Å². The number of primary amides is 1. The zero-order chi connectivity index (χ0) is 15.1. The Labute approximate surface area is 118 Å². The number of hydrogen-bond donors (Lipinski definition) is 3. The number of amides is 2. The van der Waals surface area contributed by atoms with Crippen LogP contribution in [0, 0.1) is 5.92 Å². The van der Waals surface area contributed by atoms with E-state index in [1.165, 1.54) is 0 Å². The lowest BCUT2D eigenvalue weighted by Crippen LogP contribution is -2.36. The fourth-order valence-electron chi connectivity index (χ4n) is 1.67. The maximum atomic E-state index is 11.9. The molecule has 0 saturated carbocycles. The maximum Gasteiger partial charge on any atom is 0.255 e. The average molecular weight is 279 g/mol. The molecule has 6 heteroatoms. The summed E-state index contributed by atoms with van der Waals surface area (Å²) < 4.78 is 5.16. The van der Waals surface area contributed by atoms with Crippen LogP contribution in [0.1, 0.15) is 20.3 Å². The Hall–Kier alpha value is -2.08. The molecule has 0 aromatic heterocycles. The molecule has 0 aliphatic heterocycles. The topological polar surface area (TPSA) is 107 Å². The molecule has 6 nitrogen and oxygen atoms in total. The molecule has 1 aromatic carbocycles. The average Bonchev–Trinajstić information content (AvgIpc) is 2.36. The zero-order valence-electron chi connectivity index (χ0n) is 11.8. The van der Waals surface area contributed by atoms with Crippen molar-refractivity contribution in [2.24, 2.45) is 17.4 Å². The van der Waals surface area contributed by atoms with Crippen LogP contribution in [0.2, 0.25) is 0 Å². The van der Waals surface area contributed by atoms with Gasteiger partial charge in [0, 0.05) is 11.8 Å². The van der Waals surface area contributed by atoms with Crippen molar-refractivity contribution in [3.05, 3.63) is 24.3 Å². The summed E-state index contributed by atoms with van der Waals surface area (Å²) in [4.78, 5) is 22.5. The first-order chi connectivity index (χ1) is 9.38. The van der Waals surface area contributed by atoms with Crippen molar-refractivity contribution in [1.82, 2.24) is 0 Å². The van der Waals surface area contributed by atoms with Crippen LogP contribution in [0.25, 0.3) is 0 Å². The van der Waals surface area contributed by atoms with E-state index in [-0.39, 0.29) is 12.5 Å². The Morgan fingerprint density at radius 1 is 1.35 bits per heavy atom. The second-order valence-electron chi connectivity index (χ2n) is 5.01. The number of anilines is 1.